The molecule has 0 saturated heterocycles. The zero-order chi connectivity index (χ0) is 11.6. The molecule has 5 heteroatoms. The number of hydrogen-bond acceptors (Lipinski definition) is 2. The molecule has 0 fully saturated rings. The lowest BCUT2D eigenvalue weighted by Crippen LogP contribution is -2.49. The molecular formula is C10H16ClN3O. The standard InChI is InChI=1S/C10H16ClN3O/c1-7(11)10(2,3)13-9(15)8-5-12-6-14(8)4/h5-7H,1-4H3,(H,13,15). The highest BCUT2D eigenvalue weighted by atomic mass is 35.5. The predicted molar refractivity (Wildman–Crippen MR) is 60.1 cm³/mol. The van der Waals surface area contributed by atoms with Crippen molar-refractivity contribution in [3.05, 3.63) is 18.2 Å². The van der Waals surface area contributed by atoms with E-state index in [-0.39, 0.29) is 11.3 Å². The molecule has 1 heterocycles. The summed E-state index contributed by atoms with van der Waals surface area (Å²) >= 11 is 5.98. The lowest BCUT2D eigenvalue weighted by molar-refractivity contribution is 0.0904. The predicted octanol–water partition coefficient (Wildman–Crippen LogP) is 1.56. The minimum Gasteiger partial charge on any atom is -0.344 e. The number of aryl methyl sites for hydroxylation is 1. The molecular weight excluding hydrogens is 214 g/mol. The van der Waals surface area contributed by atoms with E-state index < -0.39 is 5.54 Å². The van der Waals surface area contributed by atoms with Gasteiger partial charge in [-0.05, 0) is 20.8 Å². The Hall–Kier alpha value is -1.03. The zero-order valence-corrected chi connectivity index (χ0v) is 10.2. The van der Waals surface area contributed by atoms with Crippen LogP contribution in [-0.4, -0.2) is 26.4 Å². The number of hydrogen-bond donors (Lipinski definition) is 1. The third-order valence-corrected chi connectivity index (χ3v) is 3.03. The topological polar surface area (TPSA) is 46.9 Å². The number of rotatable bonds is 3. The number of nitrogens with one attached hydrogen (secondary N) is 1. The van der Waals surface area contributed by atoms with Gasteiger partial charge in [0.1, 0.15) is 5.69 Å². The summed E-state index contributed by atoms with van der Waals surface area (Å²) in [6.45, 7) is 5.63. The molecule has 0 saturated carbocycles. The molecule has 1 rings (SSSR count). The molecule has 0 aliphatic heterocycles. The second kappa shape index (κ2) is 4.23. The zero-order valence-electron chi connectivity index (χ0n) is 9.41. The van der Waals surface area contributed by atoms with Crippen molar-refractivity contribution in [2.75, 3.05) is 0 Å². The highest BCUT2D eigenvalue weighted by Crippen LogP contribution is 2.15. The fourth-order valence-electron chi connectivity index (χ4n) is 1.03. The molecule has 0 spiro atoms. The molecule has 1 aromatic rings. The average Bonchev–Trinajstić information content (AvgIpc) is 2.50. The second-order valence-electron chi connectivity index (χ2n) is 4.18. The van der Waals surface area contributed by atoms with Gasteiger partial charge in [0, 0.05) is 7.05 Å². The van der Waals surface area contributed by atoms with Crippen molar-refractivity contribution in [3.8, 4) is 0 Å². The van der Waals surface area contributed by atoms with E-state index in [1.165, 1.54) is 6.20 Å². The molecule has 0 radical (unpaired) electrons. The third-order valence-electron chi connectivity index (χ3n) is 2.48. The number of aromatic nitrogens is 2. The van der Waals surface area contributed by atoms with Gasteiger partial charge in [-0.3, -0.25) is 4.79 Å². The van der Waals surface area contributed by atoms with Crippen LogP contribution in [0.3, 0.4) is 0 Å². The molecule has 84 valence electrons. The van der Waals surface area contributed by atoms with Gasteiger partial charge >= 0.3 is 0 Å². The van der Waals surface area contributed by atoms with Crippen LogP contribution in [0.1, 0.15) is 31.3 Å². The van der Waals surface area contributed by atoms with Crippen LogP contribution in [0, 0.1) is 0 Å². The van der Waals surface area contributed by atoms with Gasteiger partial charge in [-0.15, -0.1) is 11.6 Å². The minimum absolute atomic E-state index is 0.144. The number of halogens is 1. The van der Waals surface area contributed by atoms with Gasteiger partial charge in [-0.1, -0.05) is 0 Å². The molecule has 0 aliphatic rings. The van der Waals surface area contributed by atoms with E-state index in [0.29, 0.717) is 5.69 Å². The molecule has 0 aliphatic carbocycles. The Morgan fingerprint density at radius 2 is 2.27 bits per heavy atom. The van der Waals surface area contributed by atoms with E-state index in [9.17, 15) is 4.79 Å². The van der Waals surface area contributed by atoms with Gasteiger partial charge in [0.2, 0.25) is 0 Å². The summed E-state index contributed by atoms with van der Waals surface area (Å²) in [4.78, 5) is 15.7. The molecule has 1 aromatic heterocycles. The van der Waals surface area contributed by atoms with Gasteiger partial charge in [0.25, 0.3) is 5.91 Å². The molecule has 0 aromatic carbocycles. The van der Waals surface area contributed by atoms with Crippen molar-refractivity contribution in [3.63, 3.8) is 0 Å². The SMILES string of the molecule is CC(Cl)C(C)(C)NC(=O)c1cncn1C. The van der Waals surface area contributed by atoms with Crippen molar-refractivity contribution in [1.29, 1.82) is 0 Å². The second-order valence-corrected chi connectivity index (χ2v) is 4.84. The number of amides is 1. The monoisotopic (exact) mass is 229 g/mol. The summed E-state index contributed by atoms with van der Waals surface area (Å²) in [6.07, 6.45) is 3.12. The molecule has 1 atom stereocenters. The Labute approximate surface area is 94.6 Å². The highest BCUT2D eigenvalue weighted by molar-refractivity contribution is 6.21. The largest absolute Gasteiger partial charge is 0.344 e. The van der Waals surface area contributed by atoms with E-state index in [0.717, 1.165) is 0 Å². The van der Waals surface area contributed by atoms with Crippen molar-refractivity contribution in [2.45, 2.75) is 31.7 Å². The van der Waals surface area contributed by atoms with Crippen LogP contribution in [0.25, 0.3) is 0 Å². The third kappa shape index (κ3) is 2.72. The fourth-order valence-corrected chi connectivity index (χ4v) is 1.09. The maximum absolute atomic E-state index is 11.8. The Morgan fingerprint density at radius 1 is 1.67 bits per heavy atom. The van der Waals surface area contributed by atoms with Crippen molar-refractivity contribution >= 4 is 17.5 Å². The number of alkyl halides is 1. The number of carbonyl (C=O) groups is 1. The molecule has 0 bridgehead atoms. The van der Waals surface area contributed by atoms with Crippen LogP contribution in [0.2, 0.25) is 0 Å². The number of nitrogens with zero attached hydrogens (tertiary/aromatic N) is 2. The fraction of sp³-hybridized carbons (Fsp3) is 0.600. The molecule has 1 unspecified atom stereocenters. The first-order valence-corrected chi connectivity index (χ1v) is 5.21. The summed E-state index contributed by atoms with van der Waals surface area (Å²) in [7, 11) is 1.78. The quantitative estimate of drug-likeness (QED) is 0.800. The summed E-state index contributed by atoms with van der Waals surface area (Å²) in [5, 5.41) is 2.72. The summed E-state index contributed by atoms with van der Waals surface area (Å²) in [5.41, 5.74) is 0.0866. The van der Waals surface area contributed by atoms with Crippen LogP contribution in [-0.2, 0) is 7.05 Å². The number of carbonyl (C=O) groups excluding carboxylic acids is 1. The molecule has 1 N–H and O–H groups in total. The first-order chi connectivity index (χ1) is 6.84. The maximum atomic E-state index is 11.8. The first kappa shape index (κ1) is 12.0. The van der Waals surface area contributed by atoms with E-state index in [1.54, 1.807) is 17.9 Å². The molecule has 4 nitrogen and oxygen atoms in total. The van der Waals surface area contributed by atoms with Crippen LogP contribution >= 0.6 is 11.6 Å². The Kier molecular flexibility index (Phi) is 3.39. The Bertz CT molecular complexity index is 357. The van der Waals surface area contributed by atoms with Crippen LogP contribution < -0.4 is 5.32 Å². The van der Waals surface area contributed by atoms with E-state index in [2.05, 4.69) is 10.3 Å². The van der Waals surface area contributed by atoms with Gasteiger partial charge < -0.3 is 9.88 Å². The van der Waals surface area contributed by atoms with Crippen molar-refractivity contribution in [1.82, 2.24) is 14.9 Å². The van der Waals surface area contributed by atoms with Gasteiger partial charge in [-0.2, -0.15) is 0 Å². The van der Waals surface area contributed by atoms with Gasteiger partial charge in [-0.25, -0.2) is 4.98 Å². The summed E-state index contributed by atoms with van der Waals surface area (Å²) in [6, 6.07) is 0. The van der Waals surface area contributed by atoms with Crippen LogP contribution in [0.15, 0.2) is 12.5 Å². The summed E-state index contributed by atoms with van der Waals surface area (Å²) in [5.74, 6) is -0.160. The van der Waals surface area contributed by atoms with Gasteiger partial charge in [0.15, 0.2) is 0 Å². The van der Waals surface area contributed by atoms with E-state index in [4.69, 9.17) is 11.6 Å². The average molecular weight is 230 g/mol. The molecule has 1 amide bonds. The number of imidazole rings is 1. The lowest BCUT2D eigenvalue weighted by Gasteiger charge is -2.28. The Morgan fingerprint density at radius 3 is 2.67 bits per heavy atom. The van der Waals surface area contributed by atoms with Gasteiger partial charge in [0.05, 0.1) is 23.4 Å². The van der Waals surface area contributed by atoms with Crippen molar-refractivity contribution in [2.24, 2.45) is 7.05 Å². The van der Waals surface area contributed by atoms with Crippen LogP contribution in [0.5, 0.6) is 0 Å². The highest BCUT2D eigenvalue weighted by Gasteiger charge is 2.27. The maximum Gasteiger partial charge on any atom is 0.270 e. The normalized spacial score (nSPS) is 13.7. The van der Waals surface area contributed by atoms with E-state index >= 15 is 0 Å². The van der Waals surface area contributed by atoms with E-state index in [1.807, 2.05) is 20.8 Å². The first-order valence-electron chi connectivity index (χ1n) is 4.77. The molecule has 15 heavy (non-hydrogen) atoms. The Balaban J connectivity index is 2.77. The van der Waals surface area contributed by atoms with Crippen molar-refractivity contribution < 1.29 is 4.79 Å². The smallest absolute Gasteiger partial charge is 0.270 e. The summed E-state index contributed by atoms with van der Waals surface area (Å²) < 4.78 is 1.67. The van der Waals surface area contributed by atoms with Crippen LogP contribution in [0.4, 0.5) is 0 Å². The minimum atomic E-state index is -0.442. The lowest BCUT2D eigenvalue weighted by atomic mass is 10.0.